The van der Waals surface area contributed by atoms with Crippen molar-refractivity contribution in [3.63, 3.8) is 0 Å². The van der Waals surface area contributed by atoms with Crippen molar-refractivity contribution in [2.24, 2.45) is 0 Å². The third-order valence-corrected chi connectivity index (χ3v) is 4.35. The molecule has 0 spiro atoms. The second-order valence-corrected chi connectivity index (χ2v) is 5.75. The van der Waals surface area contributed by atoms with Crippen LogP contribution in [0.2, 0.25) is 0 Å². The van der Waals surface area contributed by atoms with Crippen LogP contribution in [0.3, 0.4) is 0 Å². The summed E-state index contributed by atoms with van der Waals surface area (Å²) in [7, 11) is 3.23. The van der Waals surface area contributed by atoms with Gasteiger partial charge in [0.1, 0.15) is 6.10 Å². The van der Waals surface area contributed by atoms with E-state index < -0.39 is 0 Å². The van der Waals surface area contributed by atoms with Crippen LogP contribution < -0.4 is 9.47 Å². The van der Waals surface area contributed by atoms with Crippen LogP contribution in [-0.2, 0) is 11.3 Å². The average Bonchev–Trinajstić information content (AvgIpc) is 3.14. The molecule has 0 saturated carbocycles. The molecule has 2 atom stereocenters. The molecule has 1 saturated heterocycles. The molecule has 1 aliphatic rings. The van der Waals surface area contributed by atoms with E-state index >= 15 is 0 Å². The van der Waals surface area contributed by atoms with Gasteiger partial charge in [0, 0.05) is 18.7 Å². The monoisotopic (exact) mass is 333 g/mol. The van der Waals surface area contributed by atoms with E-state index in [1.807, 2.05) is 24.3 Å². The van der Waals surface area contributed by atoms with Gasteiger partial charge in [0.2, 0.25) is 0 Å². The van der Waals surface area contributed by atoms with Crippen molar-refractivity contribution in [1.82, 2.24) is 4.90 Å². The van der Waals surface area contributed by atoms with Crippen molar-refractivity contribution in [2.45, 2.75) is 18.7 Å². The number of hydrogen-bond donors (Lipinski definition) is 1. The lowest BCUT2D eigenvalue weighted by Crippen LogP contribution is -2.46. The molecule has 130 valence electrons. The molecule has 0 radical (unpaired) electrons. The van der Waals surface area contributed by atoms with E-state index in [2.05, 4.69) is 4.90 Å². The zero-order chi connectivity index (χ0) is 16.9. The Kier molecular flexibility index (Phi) is 5.40. The predicted molar refractivity (Wildman–Crippen MR) is 88.2 cm³/mol. The van der Waals surface area contributed by atoms with E-state index in [9.17, 15) is 5.11 Å². The number of morpholine rings is 1. The zero-order valence-corrected chi connectivity index (χ0v) is 14.0. The van der Waals surface area contributed by atoms with Crippen LogP contribution in [0, 0.1) is 0 Å². The summed E-state index contributed by atoms with van der Waals surface area (Å²) >= 11 is 0. The summed E-state index contributed by atoms with van der Waals surface area (Å²) in [5, 5.41) is 9.77. The molecule has 1 aromatic carbocycles. The van der Waals surface area contributed by atoms with Crippen LogP contribution in [0.25, 0.3) is 0 Å². The van der Waals surface area contributed by atoms with E-state index in [1.165, 1.54) is 0 Å². The molecule has 0 unspecified atom stereocenters. The number of ether oxygens (including phenoxy) is 3. The summed E-state index contributed by atoms with van der Waals surface area (Å²) in [5.74, 6) is 1.35. The summed E-state index contributed by atoms with van der Waals surface area (Å²) < 4.78 is 21.7. The number of furan rings is 1. The first kappa shape index (κ1) is 16.8. The molecule has 6 heteroatoms. The Morgan fingerprint density at radius 1 is 1.21 bits per heavy atom. The molecule has 1 N–H and O–H groups in total. The first-order chi connectivity index (χ1) is 11.8. The van der Waals surface area contributed by atoms with Gasteiger partial charge in [0.25, 0.3) is 0 Å². The van der Waals surface area contributed by atoms with E-state index in [1.54, 1.807) is 26.7 Å². The molecular weight excluding hydrogens is 310 g/mol. The molecule has 0 bridgehead atoms. The zero-order valence-electron chi connectivity index (χ0n) is 14.0. The molecule has 1 aromatic heterocycles. The number of benzene rings is 1. The number of aliphatic hydroxyl groups is 1. The topological polar surface area (TPSA) is 64.3 Å². The molecule has 2 heterocycles. The first-order valence-electron chi connectivity index (χ1n) is 7.96. The van der Waals surface area contributed by atoms with E-state index in [-0.39, 0.29) is 18.8 Å². The van der Waals surface area contributed by atoms with Crippen LogP contribution in [-0.4, -0.2) is 50.1 Å². The minimum absolute atomic E-state index is 0.0408. The van der Waals surface area contributed by atoms with Gasteiger partial charge in [-0.05, 0) is 23.8 Å². The maximum Gasteiger partial charge on any atom is 0.161 e. The minimum atomic E-state index is -0.288. The quantitative estimate of drug-likeness (QED) is 0.875. The fourth-order valence-corrected chi connectivity index (χ4v) is 3.20. The molecular formula is C18H23NO5. The van der Waals surface area contributed by atoms with Crippen molar-refractivity contribution < 1.29 is 23.7 Å². The predicted octanol–water partition coefficient (Wildman–Crippen LogP) is 2.23. The smallest absolute Gasteiger partial charge is 0.161 e. The SMILES string of the molecule is COc1ccc([C@@H]2[C@@H](CO)OCCN2Cc2ccoc2)cc1OC. The molecule has 6 nitrogen and oxygen atoms in total. The first-order valence-corrected chi connectivity index (χ1v) is 7.96. The lowest BCUT2D eigenvalue weighted by Gasteiger charge is -2.40. The second-order valence-electron chi connectivity index (χ2n) is 5.75. The fourth-order valence-electron chi connectivity index (χ4n) is 3.20. The maximum absolute atomic E-state index is 9.77. The van der Waals surface area contributed by atoms with Crippen LogP contribution >= 0.6 is 0 Å². The summed E-state index contributed by atoms with van der Waals surface area (Å²) in [4.78, 5) is 2.29. The Morgan fingerprint density at radius 3 is 2.71 bits per heavy atom. The molecule has 1 aliphatic heterocycles. The molecule has 3 rings (SSSR count). The fraction of sp³-hybridized carbons (Fsp3) is 0.444. The van der Waals surface area contributed by atoms with Gasteiger partial charge in [-0.25, -0.2) is 0 Å². The molecule has 1 fully saturated rings. The Bertz CT molecular complexity index is 643. The number of aliphatic hydroxyl groups excluding tert-OH is 1. The van der Waals surface area contributed by atoms with E-state index in [0.29, 0.717) is 18.1 Å². The summed E-state index contributed by atoms with van der Waals surface area (Å²) in [5.41, 5.74) is 2.12. The van der Waals surface area contributed by atoms with Gasteiger partial charge in [0.05, 0.1) is 46.0 Å². The summed E-state index contributed by atoms with van der Waals surface area (Å²) in [6.07, 6.45) is 3.13. The summed E-state index contributed by atoms with van der Waals surface area (Å²) in [6, 6.07) is 7.70. The molecule has 0 amide bonds. The van der Waals surface area contributed by atoms with Gasteiger partial charge >= 0.3 is 0 Å². The van der Waals surface area contributed by atoms with Crippen LogP contribution in [0.4, 0.5) is 0 Å². The van der Waals surface area contributed by atoms with Gasteiger partial charge in [-0.15, -0.1) is 0 Å². The molecule has 0 aliphatic carbocycles. The van der Waals surface area contributed by atoms with Crippen molar-refractivity contribution in [3.05, 3.63) is 47.9 Å². The standard InChI is InChI=1S/C18H23NO5/c1-21-15-4-3-14(9-16(15)22-2)18-17(11-20)24-8-6-19(18)10-13-5-7-23-12-13/h3-5,7,9,12,17-18,20H,6,8,10-11H2,1-2H3/t17-,18-/m1/s1. The van der Waals surface area contributed by atoms with Crippen molar-refractivity contribution in [1.29, 1.82) is 0 Å². The Balaban J connectivity index is 1.92. The third-order valence-electron chi connectivity index (χ3n) is 4.35. The van der Waals surface area contributed by atoms with Crippen molar-refractivity contribution in [2.75, 3.05) is 34.0 Å². The van der Waals surface area contributed by atoms with Gasteiger partial charge in [-0.3, -0.25) is 4.90 Å². The van der Waals surface area contributed by atoms with Crippen LogP contribution in [0.15, 0.2) is 41.2 Å². The minimum Gasteiger partial charge on any atom is -0.493 e. The molecule has 2 aromatic rings. The van der Waals surface area contributed by atoms with Crippen LogP contribution in [0.1, 0.15) is 17.2 Å². The summed E-state index contributed by atoms with van der Waals surface area (Å²) in [6.45, 7) is 2.06. The largest absolute Gasteiger partial charge is 0.493 e. The Morgan fingerprint density at radius 2 is 2.04 bits per heavy atom. The van der Waals surface area contributed by atoms with Gasteiger partial charge in [0.15, 0.2) is 11.5 Å². The number of nitrogens with zero attached hydrogens (tertiary/aromatic N) is 1. The van der Waals surface area contributed by atoms with Crippen molar-refractivity contribution in [3.8, 4) is 11.5 Å². The highest BCUT2D eigenvalue weighted by atomic mass is 16.5. The highest BCUT2D eigenvalue weighted by Gasteiger charge is 2.33. The van der Waals surface area contributed by atoms with Crippen molar-refractivity contribution >= 4 is 0 Å². The maximum atomic E-state index is 9.77. The van der Waals surface area contributed by atoms with Gasteiger partial charge in [-0.1, -0.05) is 6.07 Å². The number of methoxy groups -OCH3 is 2. The van der Waals surface area contributed by atoms with Crippen LogP contribution in [0.5, 0.6) is 11.5 Å². The Hall–Kier alpha value is -2.02. The second kappa shape index (κ2) is 7.70. The Labute approximate surface area is 141 Å². The van der Waals surface area contributed by atoms with Gasteiger partial charge < -0.3 is 23.7 Å². The molecule has 24 heavy (non-hydrogen) atoms. The lowest BCUT2D eigenvalue weighted by molar-refractivity contribution is -0.0961. The third kappa shape index (κ3) is 3.40. The number of rotatable bonds is 6. The highest BCUT2D eigenvalue weighted by molar-refractivity contribution is 5.44. The van der Waals surface area contributed by atoms with E-state index in [0.717, 1.165) is 24.2 Å². The van der Waals surface area contributed by atoms with E-state index in [4.69, 9.17) is 18.6 Å². The average molecular weight is 333 g/mol. The van der Waals surface area contributed by atoms with Gasteiger partial charge in [-0.2, -0.15) is 0 Å². The normalized spacial score (nSPS) is 21.6. The highest BCUT2D eigenvalue weighted by Crippen LogP contribution is 2.36. The lowest BCUT2D eigenvalue weighted by atomic mass is 9.97. The number of hydrogen-bond acceptors (Lipinski definition) is 6.